The molecule has 4 rings (SSSR count). The molecule has 170 valence electrons. The number of benzene rings is 2. The van der Waals surface area contributed by atoms with Crippen molar-refractivity contribution in [2.75, 3.05) is 30.6 Å². The van der Waals surface area contributed by atoms with Crippen LogP contribution in [0, 0.1) is 13.8 Å². The van der Waals surface area contributed by atoms with E-state index in [1.807, 2.05) is 36.9 Å². The third-order valence-corrected chi connectivity index (χ3v) is 8.78. The van der Waals surface area contributed by atoms with Gasteiger partial charge in [0.2, 0.25) is 0 Å². The average Bonchev–Trinajstić information content (AvgIpc) is 3.17. The Morgan fingerprint density at radius 2 is 1.75 bits per heavy atom. The topological polar surface area (TPSA) is 85.3 Å². The van der Waals surface area contributed by atoms with Crippen LogP contribution in [0.15, 0.2) is 41.4 Å². The zero-order chi connectivity index (χ0) is 23.0. The number of carbonyl (C=O) groups is 1. The number of anilines is 1. The van der Waals surface area contributed by atoms with E-state index in [1.54, 1.807) is 26.4 Å². The lowest BCUT2D eigenvalue weighted by Gasteiger charge is -2.25. The van der Waals surface area contributed by atoms with E-state index in [9.17, 15) is 13.2 Å². The van der Waals surface area contributed by atoms with Gasteiger partial charge in [0.25, 0.3) is 5.91 Å². The number of ether oxygens (including phenoxy) is 2. The number of thioether (sulfide) groups is 1. The number of amides is 1. The summed E-state index contributed by atoms with van der Waals surface area (Å²) < 4.78 is 35.1. The molecule has 0 aromatic heterocycles. The summed E-state index contributed by atoms with van der Waals surface area (Å²) in [4.78, 5) is 19.2. The number of nitrogens with zero attached hydrogens (tertiary/aromatic N) is 2. The summed E-state index contributed by atoms with van der Waals surface area (Å²) in [6.07, 6.45) is 0.110. The molecule has 0 radical (unpaired) electrons. The molecule has 0 saturated carbocycles. The van der Waals surface area contributed by atoms with Gasteiger partial charge in [-0.1, -0.05) is 23.9 Å². The van der Waals surface area contributed by atoms with Gasteiger partial charge in [0, 0.05) is 10.9 Å². The smallest absolute Gasteiger partial charge is 0.252 e. The molecule has 2 fully saturated rings. The number of aryl methyl sites for hydroxylation is 2. The molecule has 2 aromatic carbocycles. The first kappa shape index (κ1) is 22.7. The van der Waals surface area contributed by atoms with Crippen molar-refractivity contribution >= 4 is 38.4 Å². The number of aliphatic imine (C=N–C) groups is 1. The lowest BCUT2D eigenvalue weighted by Crippen LogP contribution is -2.37. The number of rotatable bonds is 5. The minimum atomic E-state index is -3.11. The zero-order valence-electron chi connectivity index (χ0n) is 18.5. The van der Waals surface area contributed by atoms with Crippen LogP contribution in [0.5, 0.6) is 11.5 Å². The van der Waals surface area contributed by atoms with Gasteiger partial charge >= 0.3 is 0 Å². The van der Waals surface area contributed by atoms with E-state index in [0.717, 1.165) is 22.4 Å². The Balaban J connectivity index is 1.64. The van der Waals surface area contributed by atoms with Gasteiger partial charge in [-0.3, -0.25) is 4.79 Å². The van der Waals surface area contributed by atoms with Crippen molar-refractivity contribution in [2.45, 2.75) is 31.6 Å². The Hall–Kier alpha value is -2.52. The Morgan fingerprint density at radius 1 is 1.06 bits per heavy atom. The number of hydrogen-bond acceptors (Lipinski definition) is 6. The van der Waals surface area contributed by atoms with Gasteiger partial charge in [-0.25, -0.2) is 8.42 Å². The van der Waals surface area contributed by atoms with Crippen LogP contribution in [0.25, 0.3) is 0 Å². The number of carbonyl (C=O) groups excluding carboxylic acids is 1. The fourth-order valence-corrected chi connectivity index (χ4v) is 8.20. The molecule has 9 heteroatoms. The fraction of sp³-hybridized carbons (Fsp3) is 0.391. The van der Waals surface area contributed by atoms with Gasteiger partial charge in [0.15, 0.2) is 26.5 Å². The number of fused-ring (bicyclic) bond motifs is 1. The molecule has 0 N–H and O–H groups in total. The van der Waals surface area contributed by atoms with Crippen LogP contribution in [-0.2, 0) is 21.1 Å². The van der Waals surface area contributed by atoms with Crippen LogP contribution < -0.4 is 14.4 Å². The first-order chi connectivity index (χ1) is 15.2. The number of hydrogen-bond donors (Lipinski definition) is 0. The number of sulfone groups is 1. The predicted octanol–water partition coefficient (Wildman–Crippen LogP) is 3.16. The second kappa shape index (κ2) is 8.78. The van der Waals surface area contributed by atoms with E-state index in [-0.39, 0.29) is 35.1 Å². The average molecular weight is 475 g/mol. The maximum Gasteiger partial charge on any atom is 0.252 e. The molecule has 0 spiro atoms. The molecule has 0 aliphatic carbocycles. The maximum atomic E-state index is 12.9. The number of amidine groups is 1. The Morgan fingerprint density at radius 3 is 2.41 bits per heavy atom. The van der Waals surface area contributed by atoms with Gasteiger partial charge < -0.3 is 14.4 Å². The van der Waals surface area contributed by atoms with E-state index in [2.05, 4.69) is 11.1 Å². The maximum absolute atomic E-state index is 12.9. The highest BCUT2D eigenvalue weighted by Gasteiger charge is 2.49. The Bertz CT molecular complexity index is 1170. The van der Waals surface area contributed by atoms with Gasteiger partial charge in [0.05, 0.1) is 38.2 Å². The third kappa shape index (κ3) is 4.63. The SMILES string of the molecule is COc1ccc(CC(=O)N=C2S[C@H]3CS(=O)(=O)C[C@@H]3N2c2cc(C)cc(C)c2)cc1OC. The highest BCUT2D eigenvalue weighted by atomic mass is 32.2. The molecule has 0 unspecified atom stereocenters. The van der Waals surface area contributed by atoms with E-state index in [1.165, 1.54) is 11.8 Å². The molecule has 32 heavy (non-hydrogen) atoms. The first-order valence-corrected chi connectivity index (χ1v) is 13.0. The van der Waals surface area contributed by atoms with E-state index >= 15 is 0 Å². The van der Waals surface area contributed by atoms with Crippen LogP contribution >= 0.6 is 11.8 Å². The van der Waals surface area contributed by atoms with Crippen molar-refractivity contribution in [3.05, 3.63) is 53.1 Å². The van der Waals surface area contributed by atoms with Crippen LogP contribution in [0.2, 0.25) is 0 Å². The van der Waals surface area contributed by atoms with Gasteiger partial charge in [-0.05, 0) is 54.8 Å². The molecule has 1 amide bonds. The summed E-state index contributed by atoms with van der Waals surface area (Å²) in [6.45, 7) is 4.00. The van der Waals surface area contributed by atoms with E-state index < -0.39 is 9.84 Å². The van der Waals surface area contributed by atoms with Crippen molar-refractivity contribution in [1.82, 2.24) is 0 Å². The Kier molecular flexibility index (Phi) is 6.22. The molecule has 2 aliphatic heterocycles. The highest BCUT2D eigenvalue weighted by Crippen LogP contribution is 2.41. The van der Waals surface area contributed by atoms with Crippen LogP contribution in [0.1, 0.15) is 16.7 Å². The quantitative estimate of drug-likeness (QED) is 0.658. The predicted molar refractivity (Wildman–Crippen MR) is 128 cm³/mol. The van der Waals surface area contributed by atoms with Crippen molar-refractivity contribution in [3.63, 3.8) is 0 Å². The minimum absolute atomic E-state index is 0.0700. The number of methoxy groups -OCH3 is 2. The second-order valence-corrected chi connectivity index (χ2v) is 11.5. The summed E-state index contributed by atoms with van der Waals surface area (Å²) in [5, 5.41) is 0.429. The summed E-state index contributed by atoms with van der Waals surface area (Å²) >= 11 is 1.38. The fourth-order valence-electron chi connectivity index (χ4n) is 4.27. The molecule has 2 atom stereocenters. The van der Waals surface area contributed by atoms with E-state index in [0.29, 0.717) is 16.7 Å². The van der Waals surface area contributed by atoms with Crippen molar-refractivity contribution in [2.24, 2.45) is 4.99 Å². The van der Waals surface area contributed by atoms with E-state index in [4.69, 9.17) is 9.47 Å². The summed E-state index contributed by atoms with van der Waals surface area (Å²) in [7, 11) is -0.000496. The van der Waals surface area contributed by atoms with Crippen LogP contribution in [-0.4, -0.2) is 56.5 Å². The third-order valence-electron chi connectivity index (χ3n) is 5.57. The van der Waals surface area contributed by atoms with Crippen LogP contribution in [0.4, 0.5) is 5.69 Å². The molecule has 7 nitrogen and oxygen atoms in total. The standard InChI is InChI=1S/C23H26N2O5S2/c1-14-7-15(2)9-17(8-14)25-18-12-32(27,28)13-21(18)31-23(25)24-22(26)11-16-5-6-19(29-3)20(10-16)30-4/h5-10,18,21H,11-13H2,1-4H3/t18-,21-/m0/s1. The zero-order valence-corrected chi connectivity index (χ0v) is 20.1. The van der Waals surface area contributed by atoms with Crippen molar-refractivity contribution in [1.29, 1.82) is 0 Å². The molecular weight excluding hydrogens is 448 g/mol. The summed E-state index contributed by atoms with van der Waals surface area (Å²) in [6, 6.07) is 11.2. The van der Waals surface area contributed by atoms with Crippen molar-refractivity contribution < 1.29 is 22.7 Å². The molecule has 2 saturated heterocycles. The van der Waals surface area contributed by atoms with Crippen LogP contribution in [0.3, 0.4) is 0 Å². The molecular formula is C23H26N2O5S2. The Labute approximate surface area is 192 Å². The minimum Gasteiger partial charge on any atom is -0.493 e. The monoisotopic (exact) mass is 474 g/mol. The largest absolute Gasteiger partial charge is 0.493 e. The summed E-state index contributed by atoms with van der Waals surface area (Å²) in [5.74, 6) is 1.03. The lowest BCUT2D eigenvalue weighted by atomic mass is 10.1. The molecule has 2 aliphatic rings. The summed E-state index contributed by atoms with van der Waals surface area (Å²) in [5.41, 5.74) is 3.79. The molecule has 2 heterocycles. The first-order valence-electron chi connectivity index (χ1n) is 10.3. The van der Waals surface area contributed by atoms with Crippen molar-refractivity contribution in [3.8, 4) is 11.5 Å². The molecule has 0 bridgehead atoms. The van der Waals surface area contributed by atoms with Gasteiger partial charge in [-0.2, -0.15) is 4.99 Å². The molecule has 2 aromatic rings. The lowest BCUT2D eigenvalue weighted by molar-refractivity contribution is -0.117. The highest BCUT2D eigenvalue weighted by molar-refractivity contribution is 8.16. The van der Waals surface area contributed by atoms with Gasteiger partial charge in [0.1, 0.15) is 0 Å². The second-order valence-electron chi connectivity index (χ2n) is 8.17. The normalized spacial score (nSPS) is 22.8. The van der Waals surface area contributed by atoms with Gasteiger partial charge in [-0.15, -0.1) is 0 Å².